The number of rotatable bonds is 4. The number of carbonyl (C=O) groups excluding carboxylic acids is 1. The summed E-state index contributed by atoms with van der Waals surface area (Å²) in [7, 11) is 1.66. The number of carbonyl (C=O) groups is 1. The van der Waals surface area contributed by atoms with Crippen molar-refractivity contribution in [3.63, 3.8) is 0 Å². The molecule has 2 amide bonds. The second-order valence-electron chi connectivity index (χ2n) is 5.67. The van der Waals surface area contributed by atoms with E-state index in [0.29, 0.717) is 28.4 Å². The summed E-state index contributed by atoms with van der Waals surface area (Å²) in [6.07, 6.45) is 1.95. The van der Waals surface area contributed by atoms with Gasteiger partial charge in [0.25, 0.3) is 0 Å². The summed E-state index contributed by atoms with van der Waals surface area (Å²) in [5, 5.41) is 11.5. The first-order valence-corrected chi connectivity index (χ1v) is 7.81. The van der Waals surface area contributed by atoms with Crippen LogP contribution in [-0.2, 0) is 0 Å². The van der Waals surface area contributed by atoms with E-state index in [1.165, 1.54) is 4.90 Å². The van der Waals surface area contributed by atoms with Crippen LogP contribution < -0.4 is 5.32 Å². The highest BCUT2D eigenvalue weighted by Gasteiger charge is 2.16. The zero-order valence-corrected chi connectivity index (χ0v) is 13.9. The molecule has 2 aromatic heterocycles. The summed E-state index contributed by atoms with van der Waals surface area (Å²) in [4.78, 5) is 22.4. The number of urea groups is 1. The Morgan fingerprint density at radius 1 is 1.40 bits per heavy atom. The number of anilines is 1. The topological polar surface area (TPSA) is 95.1 Å². The average molecular weight is 335 g/mol. The van der Waals surface area contributed by atoms with Gasteiger partial charge in [0.2, 0.25) is 5.89 Å². The second-order valence-corrected chi connectivity index (χ2v) is 5.67. The molecule has 0 spiro atoms. The molecule has 0 aliphatic rings. The van der Waals surface area contributed by atoms with Crippen LogP contribution in [0.2, 0.25) is 0 Å². The molecule has 0 radical (unpaired) electrons. The minimum Gasteiger partial charge on any atom is -0.435 e. The van der Waals surface area contributed by atoms with Gasteiger partial charge in [0.05, 0.1) is 12.5 Å². The molecule has 0 aliphatic carbocycles. The molecule has 0 fully saturated rings. The van der Waals surface area contributed by atoms with Gasteiger partial charge in [-0.25, -0.2) is 9.78 Å². The molecule has 1 N–H and O–H groups in total. The Hall–Kier alpha value is -3.40. The van der Waals surface area contributed by atoms with Gasteiger partial charge in [-0.15, -0.1) is 0 Å². The molecule has 3 aromatic rings. The molecule has 7 nitrogen and oxygen atoms in total. The lowest BCUT2D eigenvalue weighted by atomic mass is 10.2. The molecular formula is C18H17N5O2. The maximum absolute atomic E-state index is 12.2. The van der Waals surface area contributed by atoms with Crippen molar-refractivity contribution in [2.24, 2.45) is 0 Å². The van der Waals surface area contributed by atoms with Crippen molar-refractivity contribution >= 4 is 22.8 Å². The van der Waals surface area contributed by atoms with Crippen LogP contribution in [0.5, 0.6) is 0 Å². The lowest BCUT2D eigenvalue weighted by molar-refractivity contribution is 0.208. The van der Waals surface area contributed by atoms with Gasteiger partial charge in [0.15, 0.2) is 5.58 Å². The van der Waals surface area contributed by atoms with Crippen molar-refractivity contribution in [1.82, 2.24) is 14.9 Å². The van der Waals surface area contributed by atoms with Crippen LogP contribution in [0.1, 0.15) is 13.3 Å². The van der Waals surface area contributed by atoms with E-state index >= 15 is 0 Å². The summed E-state index contributed by atoms with van der Waals surface area (Å²) < 4.78 is 5.74. The normalized spacial score (nSPS) is 11.7. The lowest BCUT2D eigenvalue weighted by Crippen LogP contribution is -2.38. The van der Waals surface area contributed by atoms with Gasteiger partial charge < -0.3 is 14.6 Å². The molecule has 3 rings (SSSR count). The van der Waals surface area contributed by atoms with E-state index in [0.717, 1.165) is 0 Å². The molecule has 126 valence electrons. The van der Waals surface area contributed by atoms with Crippen LogP contribution in [0.25, 0.3) is 22.7 Å². The predicted octanol–water partition coefficient (Wildman–Crippen LogP) is 3.66. The third-order valence-corrected chi connectivity index (χ3v) is 3.89. The lowest BCUT2D eigenvalue weighted by Gasteiger charge is -2.23. The van der Waals surface area contributed by atoms with Gasteiger partial charge in [0, 0.05) is 31.0 Å². The van der Waals surface area contributed by atoms with E-state index in [4.69, 9.17) is 9.68 Å². The van der Waals surface area contributed by atoms with Crippen LogP contribution >= 0.6 is 0 Å². The number of hydrogen-bond donors (Lipinski definition) is 1. The molecule has 25 heavy (non-hydrogen) atoms. The van der Waals surface area contributed by atoms with Crippen LogP contribution in [-0.4, -0.2) is 34.0 Å². The third-order valence-electron chi connectivity index (χ3n) is 3.89. The van der Waals surface area contributed by atoms with Gasteiger partial charge in [-0.2, -0.15) is 5.26 Å². The van der Waals surface area contributed by atoms with Crippen molar-refractivity contribution < 1.29 is 9.21 Å². The molecular weight excluding hydrogens is 318 g/mol. The van der Waals surface area contributed by atoms with Gasteiger partial charge in [0.1, 0.15) is 11.2 Å². The van der Waals surface area contributed by atoms with Crippen molar-refractivity contribution in [3.05, 3.63) is 42.6 Å². The zero-order chi connectivity index (χ0) is 17.8. The molecule has 1 aromatic carbocycles. The predicted molar refractivity (Wildman–Crippen MR) is 93.7 cm³/mol. The average Bonchev–Trinajstić information content (AvgIpc) is 3.05. The second kappa shape index (κ2) is 7.01. The fraction of sp³-hybridized carbons (Fsp3) is 0.222. The molecule has 0 saturated heterocycles. The van der Waals surface area contributed by atoms with E-state index < -0.39 is 0 Å². The van der Waals surface area contributed by atoms with Gasteiger partial charge in [-0.05, 0) is 31.2 Å². The molecule has 1 atom stereocenters. The van der Waals surface area contributed by atoms with Crippen molar-refractivity contribution in [2.75, 3.05) is 12.4 Å². The molecule has 0 saturated carbocycles. The van der Waals surface area contributed by atoms with Gasteiger partial charge >= 0.3 is 6.03 Å². The smallest absolute Gasteiger partial charge is 0.321 e. The number of pyridine rings is 1. The Morgan fingerprint density at radius 3 is 2.96 bits per heavy atom. The number of benzene rings is 1. The van der Waals surface area contributed by atoms with Crippen molar-refractivity contribution in [1.29, 1.82) is 5.26 Å². The molecule has 0 aliphatic heterocycles. The van der Waals surface area contributed by atoms with Crippen LogP contribution in [0.15, 0.2) is 47.0 Å². The highest BCUT2D eigenvalue weighted by molar-refractivity contribution is 5.91. The zero-order valence-electron chi connectivity index (χ0n) is 13.9. The quantitative estimate of drug-likeness (QED) is 0.785. The van der Waals surface area contributed by atoms with Crippen LogP contribution in [0, 0.1) is 11.3 Å². The number of hydrogen-bond acceptors (Lipinski definition) is 5. The Bertz CT molecular complexity index is 930. The first-order chi connectivity index (χ1) is 12.1. The largest absolute Gasteiger partial charge is 0.435 e. The molecule has 0 bridgehead atoms. The number of nitrogens with zero attached hydrogens (tertiary/aromatic N) is 4. The summed E-state index contributed by atoms with van der Waals surface area (Å²) >= 11 is 0. The number of nitriles is 1. The monoisotopic (exact) mass is 335 g/mol. The summed E-state index contributed by atoms with van der Waals surface area (Å²) in [5.41, 5.74) is 2.49. The number of nitrogens with one attached hydrogen (secondary N) is 1. The number of aromatic nitrogens is 2. The van der Waals surface area contributed by atoms with Crippen LogP contribution in [0.4, 0.5) is 10.5 Å². The maximum Gasteiger partial charge on any atom is 0.321 e. The molecule has 0 unspecified atom stereocenters. The summed E-state index contributed by atoms with van der Waals surface area (Å²) in [6, 6.07) is 12.4. The van der Waals surface area contributed by atoms with E-state index in [2.05, 4.69) is 21.4 Å². The Balaban J connectivity index is 1.80. The fourth-order valence-electron chi connectivity index (χ4n) is 2.28. The Labute approximate surface area is 144 Å². The van der Waals surface area contributed by atoms with E-state index in [-0.39, 0.29) is 18.5 Å². The first kappa shape index (κ1) is 16.5. The minimum atomic E-state index is -0.286. The van der Waals surface area contributed by atoms with E-state index in [1.807, 2.05) is 25.1 Å². The first-order valence-electron chi connectivity index (χ1n) is 7.81. The number of amides is 2. The summed E-state index contributed by atoms with van der Waals surface area (Å²) in [5.74, 6) is 0.429. The van der Waals surface area contributed by atoms with Gasteiger partial charge in [-0.1, -0.05) is 6.07 Å². The Morgan fingerprint density at radius 2 is 2.24 bits per heavy atom. The van der Waals surface area contributed by atoms with Crippen molar-refractivity contribution in [3.8, 4) is 17.7 Å². The standard InChI is InChI=1S/C18H17N5O2/c1-12(8-9-19)23(2)18(24)21-13-6-7-14-16(11-13)25-17(22-14)15-5-3-4-10-20-15/h3-7,10-12H,8H2,1-2H3,(H,21,24)/t12-/m0/s1. The molecule has 2 heterocycles. The van der Waals surface area contributed by atoms with E-state index in [1.54, 1.807) is 31.4 Å². The minimum absolute atomic E-state index is 0.172. The van der Waals surface area contributed by atoms with Crippen molar-refractivity contribution in [2.45, 2.75) is 19.4 Å². The summed E-state index contributed by atoms with van der Waals surface area (Å²) in [6.45, 7) is 1.82. The van der Waals surface area contributed by atoms with Gasteiger partial charge in [-0.3, -0.25) is 4.98 Å². The number of fused-ring (bicyclic) bond motifs is 1. The highest BCUT2D eigenvalue weighted by atomic mass is 16.3. The van der Waals surface area contributed by atoms with E-state index in [9.17, 15) is 4.79 Å². The Kier molecular flexibility index (Phi) is 4.61. The SMILES string of the molecule is C[C@@H](CC#N)N(C)C(=O)Nc1ccc2nc(-c3ccccn3)oc2c1. The third kappa shape index (κ3) is 3.58. The molecule has 7 heteroatoms. The fourth-order valence-corrected chi connectivity index (χ4v) is 2.28. The van der Waals surface area contributed by atoms with Crippen LogP contribution in [0.3, 0.4) is 0 Å². The highest BCUT2D eigenvalue weighted by Crippen LogP contribution is 2.25. The number of oxazole rings is 1. The maximum atomic E-state index is 12.2.